The predicted octanol–water partition coefficient (Wildman–Crippen LogP) is -4.06. The Morgan fingerprint density at radius 1 is 0.429 bits per heavy atom. The SMILES string of the molecule is O.O.O.O.[Cs].[Cs].[Mo]. The molecule has 0 aromatic carbocycles. The first-order valence-corrected chi connectivity index (χ1v) is 0. The molecule has 0 aliphatic rings. The molecule has 2 radical (unpaired) electrons. The van der Waals surface area contributed by atoms with E-state index in [1.807, 2.05) is 0 Å². The topological polar surface area (TPSA) is 126 Å². The van der Waals surface area contributed by atoms with Crippen LogP contribution in [0.4, 0.5) is 0 Å². The van der Waals surface area contributed by atoms with E-state index in [9.17, 15) is 0 Å². The van der Waals surface area contributed by atoms with Crippen LogP contribution >= 0.6 is 0 Å². The van der Waals surface area contributed by atoms with E-state index in [-0.39, 0.29) is 181 Å². The van der Waals surface area contributed by atoms with E-state index in [1.165, 1.54) is 0 Å². The molecule has 0 saturated heterocycles. The summed E-state index contributed by atoms with van der Waals surface area (Å²) in [5.74, 6) is 0. The third-order valence-electron chi connectivity index (χ3n) is 0. The molecule has 0 aliphatic heterocycles. The Bertz CT molecular complexity index is 9.65. The van der Waals surface area contributed by atoms with Gasteiger partial charge in [-0.2, -0.15) is 0 Å². The smallest absolute Gasteiger partial charge is 0 e. The van der Waals surface area contributed by atoms with Gasteiger partial charge in [0.1, 0.15) is 0 Å². The van der Waals surface area contributed by atoms with Gasteiger partial charge in [-0.05, 0) is 0 Å². The molecule has 0 spiro atoms. The van der Waals surface area contributed by atoms with Crippen molar-refractivity contribution < 1.29 is 43.0 Å². The van der Waals surface area contributed by atoms with Gasteiger partial charge in [0.05, 0.1) is 0 Å². The molecule has 0 aliphatic carbocycles. The number of hydrogen-bond donors (Lipinski definition) is 0. The van der Waals surface area contributed by atoms with Gasteiger partial charge in [-0.25, -0.2) is 0 Å². The first-order chi connectivity index (χ1) is 0. The molecule has 0 saturated carbocycles. The quantitative estimate of drug-likeness (QED) is 0.345. The third kappa shape index (κ3) is 36.9. The second-order valence-electron chi connectivity index (χ2n) is 0. The molecule has 0 aromatic heterocycles. The number of hydrogen-bond acceptors (Lipinski definition) is 0. The second-order valence-corrected chi connectivity index (χ2v) is 0. The van der Waals surface area contributed by atoms with Crippen LogP contribution in [0.25, 0.3) is 0 Å². The summed E-state index contributed by atoms with van der Waals surface area (Å²) in [5, 5.41) is 0. The van der Waals surface area contributed by atoms with Crippen molar-refractivity contribution in [3.8, 4) is 0 Å². The van der Waals surface area contributed by atoms with Crippen LogP contribution in [-0.4, -0.2) is 160 Å². The van der Waals surface area contributed by atoms with Crippen LogP contribution in [0.1, 0.15) is 0 Å². The van der Waals surface area contributed by atoms with E-state index in [1.54, 1.807) is 0 Å². The average Bonchev–Trinajstić information content (AvgIpc) is 0. The minimum absolute atomic E-state index is 0. The first kappa shape index (κ1) is 61.3. The van der Waals surface area contributed by atoms with Gasteiger partial charge in [0.2, 0.25) is 0 Å². The van der Waals surface area contributed by atoms with Crippen molar-refractivity contribution in [3.63, 3.8) is 0 Å². The van der Waals surface area contributed by atoms with Gasteiger partial charge >= 0.3 is 0 Å². The molecule has 0 atom stereocenters. The normalized spacial score (nSPS) is 0. The van der Waals surface area contributed by atoms with Crippen LogP contribution in [0, 0.1) is 0 Å². The summed E-state index contributed by atoms with van der Waals surface area (Å²) in [6, 6.07) is 0. The Balaban J connectivity index is 0. The van der Waals surface area contributed by atoms with E-state index < -0.39 is 0 Å². The van der Waals surface area contributed by atoms with Crippen LogP contribution in [0.2, 0.25) is 0 Å². The van der Waals surface area contributed by atoms with Crippen LogP contribution in [0.15, 0.2) is 0 Å². The zero-order valence-electron chi connectivity index (χ0n) is 4.41. The summed E-state index contributed by atoms with van der Waals surface area (Å²) in [5.41, 5.74) is 0. The molecule has 0 unspecified atom stereocenters. The molecule has 7 heteroatoms. The molecular formula is H8Cs2MoO4. The predicted molar refractivity (Wildman–Crippen MR) is 26.0 cm³/mol. The van der Waals surface area contributed by atoms with Crippen LogP contribution in [0.3, 0.4) is 0 Å². The van der Waals surface area contributed by atoms with Gasteiger partial charge in [-0.1, -0.05) is 0 Å². The Labute approximate surface area is 174 Å². The maximum absolute atomic E-state index is 0. The second kappa shape index (κ2) is 46.0. The van der Waals surface area contributed by atoms with Gasteiger partial charge < -0.3 is 21.9 Å². The van der Waals surface area contributed by atoms with Gasteiger partial charge in [0.25, 0.3) is 0 Å². The largest absolute Gasteiger partial charge is 0.412 e. The van der Waals surface area contributed by atoms with Gasteiger partial charge in [0.15, 0.2) is 0 Å². The van der Waals surface area contributed by atoms with E-state index in [4.69, 9.17) is 0 Å². The van der Waals surface area contributed by atoms with Crippen LogP contribution in [-0.2, 0) is 21.1 Å². The molecule has 0 bridgehead atoms. The fourth-order valence-corrected chi connectivity index (χ4v) is 0. The van der Waals surface area contributed by atoms with Crippen molar-refractivity contribution in [1.29, 1.82) is 0 Å². The maximum Gasteiger partial charge on any atom is 0 e. The molecule has 4 nitrogen and oxygen atoms in total. The molecule has 0 amide bonds. The Morgan fingerprint density at radius 2 is 0.429 bits per heavy atom. The third-order valence-corrected chi connectivity index (χ3v) is 0. The van der Waals surface area contributed by atoms with Crippen molar-refractivity contribution in [2.24, 2.45) is 0 Å². The zero-order chi connectivity index (χ0) is 0. The molecular weight excluding hydrogens is 426 g/mol. The van der Waals surface area contributed by atoms with Crippen molar-refractivity contribution in [2.75, 3.05) is 0 Å². The molecule has 40 valence electrons. The molecule has 8 N–H and O–H groups in total. The fourth-order valence-electron chi connectivity index (χ4n) is 0. The summed E-state index contributed by atoms with van der Waals surface area (Å²) in [6.45, 7) is 0. The Hall–Kier alpha value is 4.63. The average molecular weight is 434 g/mol. The Kier molecular flexibility index (Phi) is 402. The standard InChI is InChI=1S/2Cs.Mo.4H2O/h;;;4*1H2. The van der Waals surface area contributed by atoms with E-state index in [2.05, 4.69) is 0 Å². The number of rotatable bonds is 0. The van der Waals surface area contributed by atoms with E-state index in [0.717, 1.165) is 0 Å². The zero-order valence-corrected chi connectivity index (χ0v) is 19.0. The Morgan fingerprint density at radius 3 is 0.429 bits per heavy atom. The molecule has 0 fully saturated rings. The van der Waals surface area contributed by atoms with Gasteiger partial charge in [-0.3, -0.25) is 0 Å². The summed E-state index contributed by atoms with van der Waals surface area (Å²) in [4.78, 5) is 0. The molecule has 0 rings (SSSR count). The summed E-state index contributed by atoms with van der Waals surface area (Å²) < 4.78 is 0. The van der Waals surface area contributed by atoms with E-state index >= 15 is 0 Å². The molecule has 0 heterocycles. The van der Waals surface area contributed by atoms with Crippen molar-refractivity contribution in [2.45, 2.75) is 0 Å². The minimum Gasteiger partial charge on any atom is -0.412 e. The molecule has 7 heavy (non-hydrogen) atoms. The minimum atomic E-state index is 0. The van der Waals surface area contributed by atoms with Crippen molar-refractivity contribution in [1.82, 2.24) is 0 Å². The van der Waals surface area contributed by atoms with Gasteiger partial charge in [-0.15, -0.1) is 0 Å². The maximum atomic E-state index is 0. The van der Waals surface area contributed by atoms with Crippen molar-refractivity contribution >= 4 is 138 Å². The first-order valence-electron chi connectivity index (χ1n) is 0. The van der Waals surface area contributed by atoms with Crippen molar-refractivity contribution in [3.05, 3.63) is 0 Å². The van der Waals surface area contributed by atoms with E-state index in [0.29, 0.717) is 0 Å². The van der Waals surface area contributed by atoms with Gasteiger partial charge in [0, 0.05) is 159 Å². The molecule has 0 aromatic rings. The summed E-state index contributed by atoms with van der Waals surface area (Å²) in [6.07, 6.45) is 0. The van der Waals surface area contributed by atoms with Crippen LogP contribution < -0.4 is 0 Å². The summed E-state index contributed by atoms with van der Waals surface area (Å²) in [7, 11) is 0. The fraction of sp³-hybridized carbons (Fsp3) is 0. The monoisotopic (exact) mass is 436 g/mol. The van der Waals surface area contributed by atoms with Crippen LogP contribution in [0.5, 0.6) is 0 Å². The summed E-state index contributed by atoms with van der Waals surface area (Å²) >= 11 is 0.